The first-order chi connectivity index (χ1) is 9.58. The molecular formula is C16H25N3O2. The van der Waals surface area contributed by atoms with Gasteiger partial charge in [-0.2, -0.15) is 0 Å². The van der Waals surface area contributed by atoms with Gasteiger partial charge < -0.3 is 10.6 Å². The van der Waals surface area contributed by atoms with E-state index in [0.29, 0.717) is 0 Å². The van der Waals surface area contributed by atoms with Crippen LogP contribution in [0.5, 0.6) is 0 Å². The van der Waals surface area contributed by atoms with Crippen LogP contribution in [-0.4, -0.2) is 23.5 Å². The van der Waals surface area contributed by atoms with Crippen molar-refractivity contribution in [2.75, 3.05) is 5.32 Å². The smallest absolute Gasteiger partial charge is 0.321 e. The Morgan fingerprint density at radius 2 is 1.76 bits per heavy atom. The molecule has 0 aliphatic rings. The molecule has 0 heterocycles. The summed E-state index contributed by atoms with van der Waals surface area (Å²) in [7, 11) is 0. The Kier molecular flexibility index (Phi) is 5.35. The molecule has 1 aromatic rings. The van der Waals surface area contributed by atoms with E-state index in [-0.39, 0.29) is 11.4 Å². The first-order valence-electron chi connectivity index (χ1n) is 7.05. The zero-order valence-corrected chi connectivity index (χ0v) is 13.6. The second-order valence-corrected chi connectivity index (χ2v) is 6.38. The minimum atomic E-state index is -0.503. The zero-order valence-electron chi connectivity index (χ0n) is 13.6. The van der Waals surface area contributed by atoms with E-state index in [1.807, 2.05) is 52.8 Å². The van der Waals surface area contributed by atoms with Crippen molar-refractivity contribution in [3.63, 3.8) is 0 Å². The molecule has 5 heteroatoms. The average molecular weight is 291 g/mol. The number of rotatable bonds is 3. The summed E-state index contributed by atoms with van der Waals surface area (Å²) in [6.07, 6.45) is 0. The van der Waals surface area contributed by atoms with Crippen LogP contribution in [-0.2, 0) is 4.79 Å². The van der Waals surface area contributed by atoms with Gasteiger partial charge in [0, 0.05) is 11.2 Å². The van der Waals surface area contributed by atoms with Crippen molar-refractivity contribution in [1.82, 2.24) is 10.6 Å². The number of anilines is 1. The Hall–Kier alpha value is -2.04. The number of aryl methyl sites for hydroxylation is 2. The van der Waals surface area contributed by atoms with Crippen molar-refractivity contribution in [3.8, 4) is 0 Å². The van der Waals surface area contributed by atoms with Gasteiger partial charge in [0.05, 0.1) is 0 Å². The molecule has 5 nitrogen and oxygen atoms in total. The SMILES string of the molecule is Cc1ccc(NC(C)C(=O)NC(=O)NC(C)(C)C)c(C)c1. The molecular weight excluding hydrogens is 266 g/mol. The molecule has 0 spiro atoms. The number of carbonyl (C=O) groups is 2. The van der Waals surface area contributed by atoms with Gasteiger partial charge in [-0.25, -0.2) is 4.79 Å². The monoisotopic (exact) mass is 291 g/mol. The van der Waals surface area contributed by atoms with Gasteiger partial charge in [0.25, 0.3) is 0 Å². The summed E-state index contributed by atoms with van der Waals surface area (Å²) in [5.74, 6) is -0.364. The summed E-state index contributed by atoms with van der Waals surface area (Å²) in [5.41, 5.74) is 2.74. The van der Waals surface area contributed by atoms with Gasteiger partial charge >= 0.3 is 6.03 Å². The molecule has 0 aliphatic heterocycles. The summed E-state index contributed by atoms with van der Waals surface area (Å²) in [5, 5.41) is 8.14. The second kappa shape index (κ2) is 6.61. The van der Waals surface area contributed by atoms with Crippen LogP contribution in [0.3, 0.4) is 0 Å². The summed E-state index contributed by atoms with van der Waals surface area (Å²) >= 11 is 0. The third kappa shape index (κ3) is 5.85. The third-order valence-electron chi connectivity index (χ3n) is 2.87. The Bertz CT molecular complexity index is 533. The van der Waals surface area contributed by atoms with Crippen molar-refractivity contribution in [2.45, 2.75) is 53.1 Å². The minimum Gasteiger partial charge on any atom is -0.374 e. The molecule has 1 rings (SSSR count). The number of amides is 3. The lowest BCUT2D eigenvalue weighted by Crippen LogP contribution is -2.51. The first kappa shape index (κ1) is 17.0. The fraction of sp³-hybridized carbons (Fsp3) is 0.500. The average Bonchev–Trinajstić information content (AvgIpc) is 2.29. The molecule has 3 N–H and O–H groups in total. The van der Waals surface area contributed by atoms with Gasteiger partial charge in [0.2, 0.25) is 5.91 Å². The Balaban J connectivity index is 2.61. The molecule has 0 aromatic heterocycles. The molecule has 0 aliphatic carbocycles. The lowest BCUT2D eigenvalue weighted by Gasteiger charge is -2.22. The fourth-order valence-electron chi connectivity index (χ4n) is 1.87. The van der Waals surface area contributed by atoms with E-state index in [1.165, 1.54) is 5.56 Å². The van der Waals surface area contributed by atoms with Gasteiger partial charge in [-0.3, -0.25) is 10.1 Å². The maximum absolute atomic E-state index is 12.0. The molecule has 116 valence electrons. The molecule has 0 saturated heterocycles. The lowest BCUT2D eigenvalue weighted by molar-refractivity contribution is -0.120. The Labute approximate surface area is 126 Å². The maximum atomic E-state index is 12.0. The summed E-state index contributed by atoms with van der Waals surface area (Å²) in [6.45, 7) is 11.3. The Morgan fingerprint density at radius 1 is 1.14 bits per heavy atom. The number of imide groups is 1. The molecule has 0 radical (unpaired) electrons. The highest BCUT2D eigenvalue weighted by Crippen LogP contribution is 2.16. The number of urea groups is 1. The van der Waals surface area contributed by atoms with E-state index in [0.717, 1.165) is 11.3 Å². The molecule has 21 heavy (non-hydrogen) atoms. The number of hydrogen-bond acceptors (Lipinski definition) is 3. The van der Waals surface area contributed by atoms with Crippen LogP contribution in [0, 0.1) is 13.8 Å². The third-order valence-corrected chi connectivity index (χ3v) is 2.87. The first-order valence-corrected chi connectivity index (χ1v) is 7.05. The number of nitrogens with one attached hydrogen (secondary N) is 3. The molecule has 1 aromatic carbocycles. The van der Waals surface area contributed by atoms with Crippen molar-refractivity contribution in [3.05, 3.63) is 29.3 Å². The largest absolute Gasteiger partial charge is 0.374 e. The number of benzene rings is 1. The quantitative estimate of drug-likeness (QED) is 0.802. The highest BCUT2D eigenvalue weighted by molar-refractivity contribution is 5.98. The van der Waals surface area contributed by atoms with E-state index < -0.39 is 12.1 Å². The van der Waals surface area contributed by atoms with Crippen LogP contribution in [0.25, 0.3) is 0 Å². The number of carbonyl (C=O) groups excluding carboxylic acids is 2. The van der Waals surface area contributed by atoms with E-state index in [4.69, 9.17) is 0 Å². The van der Waals surface area contributed by atoms with Crippen LogP contribution in [0.15, 0.2) is 18.2 Å². The topological polar surface area (TPSA) is 70.2 Å². The number of hydrogen-bond donors (Lipinski definition) is 3. The Morgan fingerprint density at radius 3 is 2.29 bits per heavy atom. The van der Waals surface area contributed by atoms with Crippen molar-refractivity contribution in [1.29, 1.82) is 0 Å². The molecule has 1 atom stereocenters. The van der Waals surface area contributed by atoms with E-state index in [1.54, 1.807) is 6.92 Å². The summed E-state index contributed by atoms with van der Waals surface area (Å²) in [4.78, 5) is 23.7. The van der Waals surface area contributed by atoms with Crippen LogP contribution in [0.1, 0.15) is 38.8 Å². The van der Waals surface area contributed by atoms with Crippen molar-refractivity contribution < 1.29 is 9.59 Å². The fourth-order valence-corrected chi connectivity index (χ4v) is 1.87. The van der Waals surface area contributed by atoms with Crippen LogP contribution < -0.4 is 16.0 Å². The standard InChI is InChI=1S/C16H25N3O2/c1-10-7-8-13(11(2)9-10)17-12(3)14(20)18-15(21)19-16(4,5)6/h7-9,12,17H,1-6H3,(H2,18,19,20,21). The minimum absolute atomic E-state index is 0.364. The van der Waals surface area contributed by atoms with E-state index >= 15 is 0 Å². The van der Waals surface area contributed by atoms with Crippen molar-refractivity contribution in [2.24, 2.45) is 0 Å². The highest BCUT2D eigenvalue weighted by atomic mass is 16.2. The van der Waals surface area contributed by atoms with Crippen LogP contribution in [0.2, 0.25) is 0 Å². The predicted molar refractivity (Wildman–Crippen MR) is 85.4 cm³/mol. The van der Waals surface area contributed by atoms with Gasteiger partial charge in [0.15, 0.2) is 0 Å². The van der Waals surface area contributed by atoms with Crippen LogP contribution >= 0.6 is 0 Å². The molecule has 0 saturated carbocycles. The van der Waals surface area contributed by atoms with Gasteiger partial charge in [0.1, 0.15) is 6.04 Å². The second-order valence-electron chi connectivity index (χ2n) is 6.38. The van der Waals surface area contributed by atoms with Crippen molar-refractivity contribution >= 4 is 17.6 Å². The highest BCUT2D eigenvalue weighted by Gasteiger charge is 2.19. The predicted octanol–water partition coefficient (Wildman–Crippen LogP) is 2.73. The van der Waals surface area contributed by atoms with E-state index in [2.05, 4.69) is 16.0 Å². The molecule has 0 bridgehead atoms. The van der Waals surface area contributed by atoms with Gasteiger partial charge in [-0.1, -0.05) is 17.7 Å². The summed E-state index contributed by atoms with van der Waals surface area (Å²) in [6, 6.07) is 4.97. The molecule has 0 fully saturated rings. The molecule has 3 amide bonds. The molecule has 1 unspecified atom stereocenters. The van der Waals surface area contributed by atoms with Gasteiger partial charge in [-0.05, 0) is 53.2 Å². The summed E-state index contributed by atoms with van der Waals surface area (Å²) < 4.78 is 0. The zero-order chi connectivity index (χ0) is 16.2. The lowest BCUT2D eigenvalue weighted by atomic mass is 10.1. The van der Waals surface area contributed by atoms with E-state index in [9.17, 15) is 9.59 Å². The maximum Gasteiger partial charge on any atom is 0.321 e. The van der Waals surface area contributed by atoms with Gasteiger partial charge in [-0.15, -0.1) is 0 Å². The van der Waals surface area contributed by atoms with Crippen LogP contribution in [0.4, 0.5) is 10.5 Å². The normalized spacial score (nSPS) is 12.5.